The summed E-state index contributed by atoms with van der Waals surface area (Å²) in [4.78, 5) is 14.0. The maximum absolute atomic E-state index is 12.5. The van der Waals surface area contributed by atoms with Gasteiger partial charge in [0.25, 0.3) is 0 Å². The molecule has 1 atom stereocenters. The maximum Gasteiger partial charge on any atom is 0.401 e. The minimum absolute atomic E-state index is 0.0299. The number of pyridine rings is 1. The Morgan fingerprint density at radius 1 is 1.59 bits per heavy atom. The summed E-state index contributed by atoms with van der Waals surface area (Å²) in [6.45, 7) is 0. The van der Waals surface area contributed by atoms with E-state index in [2.05, 4.69) is 4.98 Å². The SMILES string of the molecule is O=C(O)CC(Sc1ncccc1Cl)C(F)(F)F. The Labute approximate surface area is 104 Å². The Balaban J connectivity index is 2.87. The first kappa shape index (κ1) is 14.1. The maximum atomic E-state index is 12.5. The fourth-order valence-electron chi connectivity index (χ4n) is 0.975. The van der Waals surface area contributed by atoms with Crippen molar-refractivity contribution in [3.8, 4) is 0 Å². The molecule has 17 heavy (non-hydrogen) atoms. The van der Waals surface area contributed by atoms with E-state index in [1.165, 1.54) is 18.3 Å². The molecule has 94 valence electrons. The van der Waals surface area contributed by atoms with Crippen molar-refractivity contribution >= 4 is 29.3 Å². The summed E-state index contributed by atoms with van der Waals surface area (Å²) in [6.07, 6.45) is -4.35. The first-order chi connectivity index (χ1) is 7.80. The molecule has 0 aliphatic heterocycles. The fourth-order valence-corrected chi connectivity index (χ4v) is 2.16. The average Bonchev–Trinajstić information content (AvgIpc) is 2.18. The quantitative estimate of drug-likeness (QED) is 0.863. The standard InChI is InChI=1S/C9H7ClF3NO2S/c10-5-2-1-3-14-8(5)17-6(4-7(15)16)9(11,12)13/h1-3,6H,4H2,(H,15,16). The molecule has 0 saturated carbocycles. The third-order valence-corrected chi connectivity index (χ3v) is 3.39. The Morgan fingerprint density at radius 3 is 2.71 bits per heavy atom. The monoisotopic (exact) mass is 285 g/mol. The lowest BCUT2D eigenvalue weighted by atomic mass is 10.3. The summed E-state index contributed by atoms with van der Waals surface area (Å²) >= 11 is 5.96. The zero-order chi connectivity index (χ0) is 13.1. The van der Waals surface area contributed by atoms with Crippen LogP contribution in [0.25, 0.3) is 0 Å². The van der Waals surface area contributed by atoms with Crippen LogP contribution in [0, 0.1) is 0 Å². The van der Waals surface area contributed by atoms with Gasteiger partial charge in [-0.3, -0.25) is 4.79 Å². The average molecular weight is 286 g/mol. The topological polar surface area (TPSA) is 50.2 Å². The van der Waals surface area contributed by atoms with E-state index in [0.717, 1.165) is 0 Å². The number of alkyl halides is 3. The van der Waals surface area contributed by atoms with Gasteiger partial charge in [-0.25, -0.2) is 4.98 Å². The van der Waals surface area contributed by atoms with Gasteiger partial charge in [-0.15, -0.1) is 0 Å². The summed E-state index contributed by atoms with van der Waals surface area (Å²) in [5, 5.41) is 6.40. The number of hydrogen-bond donors (Lipinski definition) is 1. The summed E-state index contributed by atoms with van der Waals surface area (Å²) in [7, 11) is 0. The largest absolute Gasteiger partial charge is 0.481 e. The highest BCUT2D eigenvalue weighted by atomic mass is 35.5. The number of aromatic nitrogens is 1. The lowest BCUT2D eigenvalue weighted by Crippen LogP contribution is -2.28. The van der Waals surface area contributed by atoms with Gasteiger partial charge >= 0.3 is 12.1 Å². The molecule has 1 aromatic heterocycles. The zero-order valence-corrected chi connectivity index (χ0v) is 9.81. The van der Waals surface area contributed by atoms with Crippen LogP contribution in [-0.2, 0) is 4.79 Å². The van der Waals surface area contributed by atoms with Crippen molar-refractivity contribution in [1.82, 2.24) is 4.98 Å². The van der Waals surface area contributed by atoms with Crippen LogP contribution in [0.1, 0.15) is 6.42 Å². The van der Waals surface area contributed by atoms with Crippen LogP contribution in [0.15, 0.2) is 23.4 Å². The molecule has 0 aromatic carbocycles. The van der Waals surface area contributed by atoms with Crippen molar-refractivity contribution in [2.75, 3.05) is 0 Å². The molecule has 0 saturated heterocycles. The molecule has 8 heteroatoms. The van der Waals surface area contributed by atoms with Crippen molar-refractivity contribution in [1.29, 1.82) is 0 Å². The molecule has 0 radical (unpaired) electrons. The van der Waals surface area contributed by atoms with Gasteiger partial charge in [-0.05, 0) is 12.1 Å². The van der Waals surface area contributed by atoms with E-state index in [4.69, 9.17) is 16.7 Å². The van der Waals surface area contributed by atoms with Crippen LogP contribution in [0.4, 0.5) is 13.2 Å². The van der Waals surface area contributed by atoms with Gasteiger partial charge in [-0.2, -0.15) is 13.2 Å². The van der Waals surface area contributed by atoms with Gasteiger partial charge in [-0.1, -0.05) is 23.4 Å². The highest BCUT2D eigenvalue weighted by Crippen LogP contribution is 2.38. The molecule has 1 unspecified atom stereocenters. The van der Waals surface area contributed by atoms with Gasteiger partial charge < -0.3 is 5.11 Å². The number of carbonyl (C=O) groups is 1. The highest BCUT2D eigenvalue weighted by Gasteiger charge is 2.42. The van der Waals surface area contributed by atoms with E-state index in [-0.39, 0.29) is 10.0 Å². The van der Waals surface area contributed by atoms with Gasteiger partial charge in [0.05, 0.1) is 11.4 Å². The minimum atomic E-state index is -4.62. The van der Waals surface area contributed by atoms with Crippen LogP contribution in [0.2, 0.25) is 5.02 Å². The fraction of sp³-hybridized carbons (Fsp3) is 0.333. The second-order valence-corrected chi connectivity index (χ2v) is 4.63. The van der Waals surface area contributed by atoms with Crippen LogP contribution < -0.4 is 0 Å². The van der Waals surface area contributed by atoms with Crippen LogP contribution >= 0.6 is 23.4 Å². The van der Waals surface area contributed by atoms with Crippen molar-refractivity contribution in [2.45, 2.75) is 22.9 Å². The second kappa shape index (κ2) is 5.59. The lowest BCUT2D eigenvalue weighted by molar-refractivity contribution is -0.149. The molecule has 1 heterocycles. The van der Waals surface area contributed by atoms with Crippen molar-refractivity contribution in [2.24, 2.45) is 0 Å². The number of carboxylic acids is 1. The third kappa shape index (κ3) is 4.43. The Kier molecular flexibility index (Phi) is 4.64. The van der Waals surface area contributed by atoms with Crippen LogP contribution in [0.3, 0.4) is 0 Å². The number of nitrogens with zero attached hydrogens (tertiary/aromatic N) is 1. The number of halogens is 4. The summed E-state index contributed by atoms with van der Waals surface area (Å²) in [5.74, 6) is -1.52. The van der Waals surface area contributed by atoms with Gasteiger partial charge in [0, 0.05) is 6.20 Å². The summed E-state index contributed by atoms with van der Waals surface area (Å²) in [5.41, 5.74) is 0. The number of rotatable bonds is 4. The van der Waals surface area contributed by atoms with E-state index in [1.54, 1.807) is 0 Å². The molecule has 1 aromatic rings. The zero-order valence-electron chi connectivity index (χ0n) is 8.24. The Morgan fingerprint density at radius 2 is 2.24 bits per heavy atom. The van der Waals surface area contributed by atoms with E-state index in [0.29, 0.717) is 11.8 Å². The number of thioether (sulfide) groups is 1. The first-order valence-electron chi connectivity index (χ1n) is 4.36. The van der Waals surface area contributed by atoms with E-state index in [9.17, 15) is 18.0 Å². The third-order valence-electron chi connectivity index (χ3n) is 1.70. The first-order valence-corrected chi connectivity index (χ1v) is 5.62. The molecule has 0 amide bonds. The Bertz CT molecular complexity index is 413. The summed E-state index contributed by atoms with van der Waals surface area (Å²) < 4.78 is 37.6. The number of hydrogen-bond acceptors (Lipinski definition) is 3. The normalized spacial score (nSPS) is 13.4. The smallest absolute Gasteiger partial charge is 0.401 e. The van der Waals surface area contributed by atoms with E-state index >= 15 is 0 Å². The molecule has 0 aliphatic rings. The predicted octanol–water partition coefficient (Wildman–Crippen LogP) is 3.23. The van der Waals surface area contributed by atoms with Crippen LogP contribution in [0.5, 0.6) is 0 Å². The van der Waals surface area contributed by atoms with E-state index < -0.39 is 23.8 Å². The van der Waals surface area contributed by atoms with Gasteiger partial charge in [0.2, 0.25) is 0 Å². The molecule has 1 rings (SSSR count). The molecule has 0 fully saturated rings. The molecule has 1 N–H and O–H groups in total. The molecule has 0 spiro atoms. The minimum Gasteiger partial charge on any atom is -0.481 e. The van der Waals surface area contributed by atoms with Crippen molar-refractivity contribution < 1.29 is 23.1 Å². The van der Waals surface area contributed by atoms with Gasteiger partial charge in [0.1, 0.15) is 10.3 Å². The number of carboxylic acid groups (broad SMARTS) is 1. The van der Waals surface area contributed by atoms with Crippen LogP contribution in [-0.4, -0.2) is 27.5 Å². The van der Waals surface area contributed by atoms with Crippen molar-refractivity contribution in [3.63, 3.8) is 0 Å². The second-order valence-electron chi connectivity index (χ2n) is 3.04. The molecule has 0 bridgehead atoms. The molecular weight excluding hydrogens is 279 g/mol. The molecule has 0 aliphatic carbocycles. The Hall–Kier alpha value is -0.950. The molecule has 3 nitrogen and oxygen atoms in total. The summed E-state index contributed by atoms with van der Waals surface area (Å²) in [6, 6.07) is 2.87. The molecular formula is C9H7ClF3NO2S. The van der Waals surface area contributed by atoms with Crippen molar-refractivity contribution in [3.05, 3.63) is 23.4 Å². The highest BCUT2D eigenvalue weighted by molar-refractivity contribution is 8.00. The van der Waals surface area contributed by atoms with Gasteiger partial charge in [0.15, 0.2) is 0 Å². The predicted molar refractivity (Wildman–Crippen MR) is 57.2 cm³/mol. The number of aliphatic carboxylic acids is 1. The lowest BCUT2D eigenvalue weighted by Gasteiger charge is -2.17. The van der Waals surface area contributed by atoms with E-state index in [1.807, 2.05) is 0 Å².